The third-order valence-corrected chi connectivity index (χ3v) is 3.01. The summed E-state index contributed by atoms with van der Waals surface area (Å²) in [6.45, 7) is 6.65. The molecule has 0 radical (unpaired) electrons. The average Bonchev–Trinajstić information content (AvgIpc) is 2.76. The summed E-state index contributed by atoms with van der Waals surface area (Å²) < 4.78 is 1.48. The van der Waals surface area contributed by atoms with Crippen LogP contribution in [0.2, 0.25) is 0 Å². The van der Waals surface area contributed by atoms with Crippen molar-refractivity contribution in [2.75, 3.05) is 31.6 Å². The number of hydrogen-bond donors (Lipinski definition) is 2. The van der Waals surface area contributed by atoms with Crippen molar-refractivity contribution < 1.29 is 0 Å². The highest BCUT2D eigenvalue weighted by atomic mass is 16.1. The van der Waals surface area contributed by atoms with E-state index in [2.05, 4.69) is 32.3 Å². The number of aromatic amines is 1. The monoisotopic (exact) mass is 264 g/mol. The molecule has 0 aliphatic heterocycles. The molecule has 2 aromatic rings. The van der Waals surface area contributed by atoms with E-state index in [0.717, 1.165) is 31.9 Å². The normalized spacial score (nSPS) is 11.1. The third kappa shape index (κ3) is 2.76. The van der Waals surface area contributed by atoms with Gasteiger partial charge in [-0.1, -0.05) is 6.92 Å². The maximum absolute atomic E-state index is 11.6. The Morgan fingerprint density at radius 2 is 2.26 bits per heavy atom. The first-order valence-electron chi connectivity index (χ1n) is 6.51. The summed E-state index contributed by atoms with van der Waals surface area (Å²) in [5.41, 5.74) is 0.363. The van der Waals surface area contributed by atoms with Gasteiger partial charge in [0.15, 0.2) is 5.65 Å². The van der Waals surface area contributed by atoms with E-state index in [-0.39, 0.29) is 5.69 Å². The highest BCUT2D eigenvalue weighted by molar-refractivity contribution is 5.51. The maximum atomic E-state index is 11.6. The molecule has 0 aliphatic carbocycles. The Kier molecular flexibility index (Phi) is 4.16. The molecule has 0 aliphatic rings. The van der Waals surface area contributed by atoms with Gasteiger partial charge in [0, 0.05) is 25.7 Å². The maximum Gasteiger partial charge on any atom is 0.349 e. The van der Waals surface area contributed by atoms with Crippen molar-refractivity contribution in [3.8, 4) is 0 Å². The predicted octanol–water partition coefficient (Wildman–Crippen LogP) is 0.162. The van der Waals surface area contributed by atoms with Crippen molar-refractivity contribution >= 4 is 11.5 Å². The minimum atomic E-state index is -0.246. The molecule has 0 spiro atoms. The van der Waals surface area contributed by atoms with Crippen molar-refractivity contribution in [2.45, 2.75) is 20.3 Å². The Morgan fingerprint density at radius 1 is 1.47 bits per heavy atom. The summed E-state index contributed by atoms with van der Waals surface area (Å²) >= 11 is 0. The van der Waals surface area contributed by atoms with Gasteiger partial charge in [0.05, 0.1) is 0 Å². The molecule has 0 saturated heterocycles. The second kappa shape index (κ2) is 5.83. The molecule has 2 heterocycles. The Bertz CT molecular complexity index is 602. The van der Waals surface area contributed by atoms with Gasteiger partial charge in [-0.05, 0) is 20.4 Å². The van der Waals surface area contributed by atoms with Crippen molar-refractivity contribution in [2.24, 2.45) is 0 Å². The van der Waals surface area contributed by atoms with Crippen LogP contribution < -0.4 is 15.9 Å². The van der Waals surface area contributed by atoms with Gasteiger partial charge in [-0.2, -0.15) is 5.10 Å². The number of anilines is 1. The minimum Gasteiger partial charge on any atom is -0.355 e. The molecule has 104 valence electrons. The first-order chi connectivity index (χ1) is 9.17. The van der Waals surface area contributed by atoms with E-state index in [4.69, 9.17) is 0 Å². The van der Waals surface area contributed by atoms with Gasteiger partial charge in [0.2, 0.25) is 0 Å². The van der Waals surface area contributed by atoms with Gasteiger partial charge in [0.1, 0.15) is 11.6 Å². The Balaban J connectivity index is 2.39. The second-order valence-corrected chi connectivity index (χ2v) is 4.47. The Morgan fingerprint density at radius 3 is 2.95 bits per heavy atom. The molecular weight excluding hydrogens is 244 g/mol. The van der Waals surface area contributed by atoms with Crippen molar-refractivity contribution in [1.82, 2.24) is 24.9 Å². The number of fused-ring (bicyclic) bond motifs is 1. The molecule has 0 saturated carbocycles. The van der Waals surface area contributed by atoms with Gasteiger partial charge < -0.3 is 10.2 Å². The fourth-order valence-corrected chi connectivity index (χ4v) is 2.10. The molecule has 2 N–H and O–H groups in total. The lowest BCUT2D eigenvalue weighted by Gasteiger charge is -2.23. The van der Waals surface area contributed by atoms with E-state index in [1.807, 2.05) is 20.0 Å². The van der Waals surface area contributed by atoms with E-state index in [1.165, 1.54) is 4.40 Å². The number of nitrogens with zero attached hydrogens (tertiary/aromatic N) is 4. The quantitative estimate of drug-likeness (QED) is 0.777. The highest BCUT2D eigenvalue weighted by Crippen LogP contribution is 2.13. The first kappa shape index (κ1) is 13.5. The molecule has 2 rings (SSSR count). The number of H-pyrrole nitrogens is 1. The molecule has 0 fully saturated rings. The molecule has 0 unspecified atom stereocenters. The van der Waals surface area contributed by atoms with Gasteiger partial charge in [-0.3, -0.25) is 0 Å². The number of likely N-dealkylation sites (N-methyl/N-ethyl adjacent to an activating group) is 1. The van der Waals surface area contributed by atoms with Crippen LogP contribution >= 0.6 is 0 Å². The SMILES string of the molecule is CCCN(CCNC)c1cc2n[nH]c(=O)n2c(C)n1. The van der Waals surface area contributed by atoms with Gasteiger partial charge in [-0.25, -0.2) is 19.3 Å². The summed E-state index contributed by atoms with van der Waals surface area (Å²) in [5, 5.41) is 9.59. The minimum absolute atomic E-state index is 0.246. The smallest absolute Gasteiger partial charge is 0.349 e. The van der Waals surface area contributed by atoms with Crippen LogP contribution in [0.25, 0.3) is 5.65 Å². The van der Waals surface area contributed by atoms with Crippen molar-refractivity contribution in [3.63, 3.8) is 0 Å². The van der Waals surface area contributed by atoms with Crippen LogP contribution in [0, 0.1) is 6.92 Å². The number of hydrogen-bond acceptors (Lipinski definition) is 5. The summed E-state index contributed by atoms with van der Waals surface area (Å²) in [6, 6.07) is 1.84. The van der Waals surface area contributed by atoms with Gasteiger partial charge in [0.25, 0.3) is 0 Å². The van der Waals surface area contributed by atoms with Gasteiger partial charge in [-0.15, -0.1) is 0 Å². The fraction of sp³-hybridized carbons (Fsp3) is 0.583. The van der Waals surface area contributed by atoms with E-state index < -0.39 is 0 Å². The van der Waals surface area contributed by atoms with Crippen LogP contribution in [0.15, 0.2) is 10.9 Å². The number of aromatic nitrogens is 4. The molecule has 19 heavy (non-hydrogen) atoms. The molecule has 2 aromatic heterocycles. The van der Waals surface area contributed by atoms with Crippen LogP contribution in [0.3, 0.4) is 0 Å². The van der Waals surface area contributed by atoms with Crippen LogP contribution in [-0.2, 0) is 0 Å². The summed E-state index contributed by atoms with van der Waals surface area (Å²) in [4.78, 5) is 18.3. The molecular formula is C12H20N6O. The summed E-state index contributed by atoms with van der Waals surface area (Å²) in [6.07, 6.45) is 1.04. The lowest BCUT2D eigenvalue weighted by molar-refractivity contribution is 0.699. The van der Waals surface area contributed by atoms with E-state index in [0.29, 0.717) is 11.5 Å². The van der Waals surface area contributed by atoms with Crippen LogP contribution in [0.1, 0.15) is 19.2 Å². The second-order valence-electron chi connectivity index (χ2n) is 4.47. The molecule has 7 heteroatoms. The zero-order chi connectivity index (χ0) is 13.8. The lowest BCUT2D eigenvalue weighted by Crippen LogP contribution is -2.32. The average molecular weight is 264 g/mol. The standard InChI is InChI=1S/C12H20N6O/c1-4-6-17(7-5-13-3)10-8-11-15-16-12(19)18(11)9(2)14-10/h8,13H,4-7H2,1-3H3,(H,16,19). The van der Waals surface area contributed by atoms with Gasteiger partial charge >= 0.3 is 5.69 Å². The highest BCUT2D eigenvalue weighted by Gasteiger charge is 2.11. The Hall–Kier alpha value is -1.89. The largest absolute Gasteiger partial charge is 0.355 e. The lowest BCUT2D eigenvalue weighted by atomic mass is 10.3. The number of nitrogens with one attached hydrogen (secondary N) is 2. The molecule has 0 amide bonds. The van der Waals surface area contributed by atoms with Crippen LogP contribution in [-0.4, -0.2) is 46.3 Å². The molecule has 0 aromatic carbocycles. The third-order valence-electron chi connectivity index (χ3n) is 3.01. The van der Waals surface area contributed by atoms with E-state index >= 15 is 0 Å². The Labute approximate surface area is 111 Å². The van der Waals surface area contributed by atoms with Crippen molar-refractivity contribution in [3.05, 3.63) is 22.4 Å². The zero-order valence-electron chi connectivity index (χ0n) is 11.6. The van der Waals surface area contributed by atoms with Crippen LogP contribution in [0.5, 0.6) is 0 Å². The predicted molar refractivity (Wildman–Crippen MR) is 74.8 cm³/mol. The van der Waals surface area contributed by atoms with Crippen LogP contribution in [0.4, 0.5) is 5.82 Å². The van der Waals surface area contributed by atoms with E-state index in [9.17, 15) is 4.79 Å². The number of rotatable bonds is 6. The molecule has 0 bridgehead atoms. The topological polar surface area (TPSA) is 78.3 Å². The number of aryl methyl sites for hydroxylation is 1. The summed E-state index contributed by atoms with van der Waals surface area (Å²) in [7, 11) is 1.93. The summed E-state index contributed by atoms with van der Waals surface area (Å²) in [5.74, 6) is 1.51. The van der Waals surface area contributed by atoms with Crippen molar-refractivity contribution in [1.29, 1.82) is 0 Å². The fourth-order valence-electron chi connectivity index (χ4n) is 2.10. The van der Waals surface area contributed by atoms with E-state index in [1.54, 1.807) is 0 Å². The molecule has 7 nitrogen and oxygen atoms in total. The molecule has 0 atom stereocenters. The first-order valence-corrected chi connectivity index (χ1v) is 6.51. The zero-order valence-corrected chi connectivity index (χ0v) is 11.6.